The number of amides is 2. The number of para-hydroxylation sites is 1. The lowest BCUT2D eigenvalue weighted by molar-refractivity contribution is -0.385. The van der Waals surface area contributed by atoms with Crippen LogP contribution in [0, 0.1) is 10.1 Å². The van der Waals surface area contributed by atoms with Crippen LogP contribution in [0.5, 0.6) is 0 Å². The van der Waals surface area contributed by atoms with Gasteiger partial charge in [-0.15, -0.1) is 0 Å². The van der Waals surface area contributed by atoms with Crippen LogP contribution in [0.1, 0.15) is 31.4 Å². The maximum atomic E-state index is 13.1. The molecule has 0 saturated heterocycles. The molecule has 0 unspecified atom stereocenters. The van der Waals surface area contributed by atoms with Gasteiger partial charge >= 0.3 is 0 Å². The van der Waals surface area contributed by atoms with Crippen LogP contribution >= 0.6 is 15.9 Å². The first-order valence-corrected chi connectivity index (χ1v) is 10.2. The molecule has 0 heterocycles. The molecule has 0 aliphatic heterocycles. The summed E-state index contributed by atoms with van der Waals surface area (Å²) in [5, 5.41) is 14.1. The van der Waals surface area contributed by atoms with E-state index in [9.17, 15) is 19.7 Å². The molecule has 2 aromatic carbocycles. The first-order valence-electron chi connectivity index (χ1n) is 9.37. The first kappa shape index (κ1) is 22.5. The fourth-order valence-corrected chi connectivity index (χ4v) is 3.13. The van der Waals surface area contributed by atoms with Gasteiger partial charge in [0.1, 0.15) is 6.04 Å². The van der Waals surface area contributed by atoms with Gasteiger partial charge in [0, 0.05) is 29.2 Å². The number of halogens is 1. The van der Waals surface area contributed by atoms with E-state index in [0.717, 1.165) is 16.5 Å². The highest BCUT2D eigenvalue weighted by molar-refractivity contribution is 9.10. The van der Waals surface area contributed by atoms with Gasteiger partial charge in [-0.3, -0.25) is 19.7 Å². The molecule has 154 valence electrons. The number of carbonyl (C=O) groups excluding carboxylic acids is 2. The lowest BCUT2D eigenvalue weighted by Crippen LogP contribution is -2.48. The monoisotopic (exact) mass is 461 g/mol. The van der Waals surface area contributed by atoms with E-state index in [4.69, 9.17) is 0 Å². The molecular weight excluding hydrogens is 438 g/mol. The lowest BCUT2D eigenvalue weighted by Gasteiger charge is -2.29. The Labute approximate surface area is 178 Å². The number of nitro groups is 1. The third-order valence-electron chi connectivity index (χ3n) is 4.51. The Bertz CT molecular complexity index is 870. The molecule has 0 aromatic heterocycles. The molecule has 0 spiro atoms. The molecule has 29 heavy (non-hydrogen) atoms. The highest BCUT2D eigenvalue weighted by Gasteiger charge is 2.27. The van der Waals surface area contributed by atoms with Crippen molar-refractivity contribution in [1.29, 1.82) is 0 Å². The van der Waals surface area contributed by atoms with Crippen LogP contribution in [0.3, 0.4) is 0 Å². The van der Waals surface area contributed by atoms with Crippen molar-refractivity contribution < 1.29 is 14.5 Å². The van der Waals surface area contributed by atoms with E-state index >= 15 is 0 Å². The Morgan fingerprint density at radius 3 is 2.45 bits per heavy atom. The van der Waals surface area contributed by atoms with Crippen LogP contribution in [0.4, 0.5) is 5.69 Å². The predicted molar refractivity (Wildman–Crippen MR) is 114 cm³/mol. The molecule has 1 atom stereocenters. The van der Waals surface area contributed by atoms with Crippen LogP contribution in [-0.2, 0) is 22.6 Å². The summed E-state index contributed by atoms with van der Waals surface area (Å²) in [6.45, 7) is 4.37. The maximum Gasteiger partial charge on any atom is 0.273 e. The average Bonchev–Trinajstić information content (AvgIpc) is 2.71. The van der Waals surface area contributed by atoms with Crippen molar-refractivity contribution in [2.45, 2.75) is 39.3 Å². The standard InChI is InChI=1S/C21H24BrN3O4/c1-3-12-23-21(27)15(2)24(14-16-8-10-18(22)11-9-16)20(26)13-17-6-4-5-7-19(17)25(28)29/h4-11,15H,3,12-14H2,1-2H3,(H,23,27)/t15-/m0/s1. The molecule has 0 radical (unpaired) electrons. The molecule has 7 nitrogen and oxygen atoms in total. The Morgan fingerprint density at radius 1 is 1.17 bits per heavy atom. The molecule has 8 heteroatoms. The number of rotatable bonds is 9. The van der Waals surface area contributed by atoms with E-state index in [-0.39, 0.29) is 30.5 Å². The van der Waals surface area contributed by atoms with E-state index in [1.54, 1.807) is 25.1 Å². The van der Waals surface area contributed by atoms with Gasteiger partial charge in [-0.05, 0) is 31.0 Å². The molecule has 0 aliphatic carbocycles. The fourth-order valence-electron chi connectivity index (χ4n) is 2.87. The number of nitrogens with zero attached hydrogens (tertiary/aromatic N) is 2. The lowest BCUT2D eigenvalue weighted by atomic mass is 10.1. The highest BCUT2D eigenvalue weighted by atomic mass is 79.9. The van der Waals surface area contributed by atoms with E-state index in [0.29, 0.717) is 12.1 Å². The van der Waals surface area contributed by atoms with Crippen molar-refractivity contribution in [3.05, 3.63) is 74.2 Å². The quantitative estimate of drug-likeness (QED) is 0.453. The summed E-state index contributed by atoms with van der Waals surface area (Å²) in [4.78, 5) is 37.8. The molecule has 2 amide bonds. The van der Waals surface area contributed by atoms with Crippen LogP contribution in [-0.4, -0.2) is 34.2 Å². The fraction of sp³-hybridized carbons (Fsp3) is 0.333. The van der Waals surface area contributed by atoms with E-state index in [2.05, 4.69) is 21.2 Å². The van der Waals surface area contributed by atoms with Crippen LogP contribution < -0.4 is 5.32 Å². The summed E-state index contributed by atoms with van der Waals surface area (Å²) in [7, 11) is 0. The minimum absolute atomic E-state index is 0.104. The number of hydrogen-bond acceptors (Lipinski definition) is 4. The molecule has 2 aromatic rings. The SMILES string of the molecule is CCCNC(=O)[C@H](C)N(Cc1ccc(Br)cc1)C(=O)Cc1ccccc1[N+](=O)[O-]. The minimum Gasteiger partial charge on any atom is -0.354 e. The molecule has 0 aliphatic rings. The Morgan fingerprint density at radius 2 is 1.83 bits per heavy atom. The van der Waals surface area contributed by atoms with Gasteiger partial charge < -0.3 is 10.2 Å². The van der Waals surface area contributed by atoms with E-state index < -0.39 is 11.0 Å². The smallest absolute Gasteiger partial charge is 0.273 e. The number of carbonyl (C=O) groups is 2. The second kappa shape index (κ2) is 10.7. The topological polar surface area (TPSA) is 92.6 Å². The molecule has 1 N–H and O–H groups in total. The van der Waals surface area contributed by atoms with Gasteiger partial charge in [0.25, 0.3) is 5.69 Å². The van der Waals surface area contributed by atoms with Gasteiger partial charge in [0.15, 0.2) is 0 Å². The average molecular weight is 462 g/mol. The van der Waals surface area contributed by atoms with Gasteiger partial charge in [-0.1, -0.05) is 53.2 Å². The van der Waals surface area contributed by atoms with Crippen molar-refractivity contribution in [2.24, 2.45) is 0 Å². The second-order valence-electron chi connectivity index (χ2n) is 6.68. The summed E-state index contributed by atoms with van der Waals surface area (Å²) in [5.41, 5.74) is 1.08. The molecule has 0 saturated carbocycles. The first-order chi connectivity index (χ1) is 13.8. The zero-order valence-corrected chi connectivity index (χ0v) is 18.0. The summed E-state index contributed by atoms with van der Waals surface area (Å²) in [5.74, 6) is -0.596. The Kier molecular flexibility index (Phi) is 8.33. The second-order valence-corrected chi connectivity index (χ2v) is 7.59. The van der Waals surface area contributed by atoms with Crippen molar-refractivity contribution in [2.75, 3.05) is 6.54 Å². The Hall–Kier alpha value is -2.74. The predicted octanol–water partition coefficient (Wildman–Crippen LogP) is 3.84. The normalized spacial score (nSPS) is 11.6. The van der Waals surface area contributed by atoms with E-state index in [1.807, 2.05) is 31.2 Å². The molecule has 2 rings (SSSR count). The zero-order chi connectivity index (χ0) is 21.4. The number of hydrogen-bond donors (Lipinski definition) is 1. The van der Waals surface area contributed by atoms with Crippen molar-refractivity contribution in [1.82, 2.24) is 10.2 Å². The van der Waals surface area contributed by atoms with Gasteiger partial charge in [0.2, 0.25) is 11.8 Å². The highest BCUT2D eigenvalue weighted by Crippen LogP contribution is 2.21. The summed E-state index contributed by atoms with van der Waals surface area (Å²) in [6, 6.07) is 12.9. The van der Waals surface area contributed by atoms with Crippen molar-refractivity contribution in [3.63, 3.8) is 0 Å². The van der Waals surface area contributed by atoms with E-state index in [1.165, 1.54) is 11.0 Å². The summed E-state index contributed by atoms with van der Waals surface area (Å²) < 4.78 is 0.910. The number of nitro benzene ring substituents is 1. The number of benzene rings is 2. The van der Waals surface area contributed by atoms with Gasteiger partial charge in [0.05, 0.1) is 11.3 Å². The molecular formula is C21H24BrN3O4. The summed E-state index contributed by atoms with van der Waals surface area (Å²) in [6.07, 6.45) is 0.633. The number of nitrogens with one attached hydrogen (secondary N) is 1. The van der Waals surface area contributed by atoms with Crippen LogP contribution in [0.25, 0.3) is 0 Å². The van der Waals surface area contributed by atoms with Crippen molar-refractivity contribution in [3.8, 4) is 0 Å². The largest absolute Gasteiger partial charge is 0.354 e. The Balaban J connectivity index is 2.27. The summed E-state index contributed by atoms with van der Waals surface area (Å²) >= 11 is 3.38. The molecule has 0 bridgehead atoms. The zero-order valence-electron chi connectivity index (χ0n) is 16.4. The van der Waals surface area contributed by atoms with Crippen molar-refractivity contribution >= 4 is 33.4 Å². The third kappa shape index (κ3) is 6.39. The van der Waals surface area contributed by atoms with Gasteiger partial charge in [-0.2, -0.15) is 0 Å². The van der Waals surface area contributed by atoms with Crippen LogP contribution in [0.15, 0.2) is 53.0 Å². The third-order valence-corrected chi connectivity index (χ3v) is 5.04. The maximum absolute atomic E-state index is 13.1. The van der Waals surface area contributed by atoms with Gasteiger partial charge in [-0.25, -0.2) is 0 Å². The molecule has 0 fully saturated rings. The minimum atomic E-state index is -0.708. The van der Waals surface area contributed by atoms with Crippen LogP contribution in [0.2, 0.25) is 0 Å².